The molecule has 0 radical (unpaired) electrons. The second-order valence-electron chi connectivity index (χ2n) is 5.19. The Bertz CT molecular complexity index is 685. The van der Waals surface area contributed by atoms with Gasteiger partial charge >= 0.3 is 18.9 Å². The molecule has 1 atom stereocenters. The molecule has 118 valence electrons. The van der Waals surface area contributed by atoms with E-state index in [2.05, 4.69) is 0 Å². The molecule has 1 unspecified atom stereocenters. The maximum atomic E-state index is 12.5. The molecule has 6 heteroatoms. The molecule has 0 bridgehead atoms. The number of halogens is 2. The van der Waals surface area contributed by atoms with Crippen molar-refractivity contribution in [2.24, 2.45) is 0 Å². The molecule has 0 aliphatic heterocycles. The molecule has 2 nitrogen and oxygen atoms in total. The van der Waals surface area contributed by atoms with Crippen LogP contribution in [0.1, 0.15) is 29.8 Å². The molecular formula is C17H18Cl2LiO2P. The molecule has 2 aromatic carbocycles. The van der Waals surface area contributed by atoms with E-state index in [0.29, 0.717) is 15.6 Å². The number of aryl methyl sites for hydroxylation is 1. The summed E-state index contributed by atoms with van der Waals surface area (Å²) in [7, 11) is -0.0238. The van der Waals surface area contributed by atoms with Crippen molar-refractivity contribution in [2.45, 2.75) is 26.9 Å². The van der Waals surface area contributed by atoms with Gasteiger partial charge in [-0.2, -0.15) is 0 Å². The van der Waals surface area contributed by atoms with Crippen molar-refractivity contribution in [3.63, 3.8) is 0 Å². The molecule has 0 amide bonds. The Hall–Kier alpha value is -0.483. The quantitative estimate of drug-likeness (QED) is 0.574. The zero-order chi connectivity index (χ0) is 16.3. The van der Waals surface area contributed by atoms with Crippen LogP contribution in [0.4, 0.5) is 0 Å². The predicted molar refractivity (Wildman–Crippen MR) is 103 cm³/mol. The fraction of sp³-hybridized carbons (Fsp3) is 0.235. The normalized spacial score (nSPS) is 10.9. The number of rotatable bonds is 5. The standard InChI is InChI=1S/C17H17Cl2O2P.Li.H/c1-10(2)21-12-7-8-15(11(3)9-12)22-17(20)16-13(18)5-4-6-14(16)19;;/h4-10,22H,1-3H3;;. The first-order chi connectivity index (χ1) is 10.4. The summed E-state index contributed by atoms with van der Waals surface area (Å²) in [5.74, 6) is 0.810. The van der Waals surface area contributed by atoms with E-state index >= 15 is 0 Å². The third-order valence-electron chi connectivity index (χ3n) is 3.01. The molecule has 0 N–H and O–H groups in total. The number of ether oxygens (including phenoxy) is 1. The van der Waals surface area contributed by atoms with Gasteiger partial charge in [0.05, 0.1) is 21.7 Å². The Morgan fingerprint density at radius 1 is 1.13 bits per heavy atom. The summed E-state index contributed by atoms with van der Waals surface area (Å²) in [5.41, 5.74) is 1.36. The van der Waals surface area contributed by atoms with Crippen LogP contribution in [0.15, 0.2) is 36.4 Å². The second kappa shape index (κ2) is 9.12. The van der Waals surface area contributed by atoms with Crippen LogP contribution >= 0.6 is 31.8 Å². The van der Waals surface area contributed by atoms with E-state index in [0.717, 1.165) is 16.6 Å². The van der Waals surface area contributed by atoms with Crippen molar-refractivity contribution in [1.82, 2.24) is 0 Å². The zero-order valence-electron chi connectivity index (χ0n) is 12.6. The Morgan fingerprint density at radius 3 is 2.26 bits per heavy atom. The maximum absolute atomic E-state index is 12.5. The van der Waals surface area contributed by atoms with Gasteiger partial charge in [-0.3, -0.25) is 4.79 Å². The van der Waals surface area contributed by atoms with E-state index in [1.54, 1.807) is 18.2 Å². The van der Waals surface area contributed by atoms with Crippen molar-refractivity contribution in [1.29, 1.82) is 0 Å². The fourth-order valence-electron chi connectivity index (χ4n) is 2.02. The summed E-state index contributed by atoms with van der Waals surface area (Å²) in [6, 6.07) is 10.8. The molecule has 2 rings (SSSR count). The van der Waals surface area contributed by atoms with Gasteiger partial charge in [-0.1, -0.05) is 35.3 Å². The van der Waals surface area contributed by atoms with Gasteiger partial charge in [-0.05, 0) is 64.5 Å². The van der Waals surface area contributed by atoms with Gasteiger partial charge in [0.25, 0.3) is 0 Å². The molecule has 0 aliphatic rings. The molecule has 0 aliphatic carbocycles. The summed E-state index contributed by atoms with van der Waals surface area (Å²) in [6.45, 7) is 5.93. The number of benzene rings is 2. The summed E-state index contributed by atoms with van der Waals surface area (Å²) >= 11 is 12.2. The average molecular weight is 363 g/mol. The Labute approximate surface area is 160 Å². The molecule has 0 spiro atoms. The SMILES string of the molecule is Cc1cc(OC(C)C)ccc1PC(=O)c1c(Cl)cccc1Cl.[LiH]. The van der Waals surface area contributed by atoms with Crippen LogP contribution in [0.5, 0.6) is 5.75 Å². The van der Waals surface area contributed by atoms with Gasteiger partial charge in [-0.15, -0.1) is 0 Å². The monoisotopic (exact) mass is 362 g/mol. The third kappa shape index (κ3) is 5.52. The van der Waals surface area contributed by atoms with E-state index in [1.165, 1.54) is 0 Å². The van der Waals surface area contributed by atoms with E-state index in [1.807, 2.05) is 39.0 Å². The van der Waals surface area contributed by atoms with Gasteiger partial charge < -0.3 is 4.74 Å². The Morgan fingerprint density at radius 2 is 1.74 bits per heavy atom. The first-order valence-corrected chi connectivity index (χ1v) is 8.66. The third-order valence-corrected chi connectivity index (χ3v) is 4.95. The molecule has 0 saturated heterocycles. The van der Waals surface area contributed by atoms with Crippen LogP contribution in [0.2, 0.25) is 10.0 Å². The van der Waals surface area contributed by atoms with Crippen LogP contribution in [0.3, 0.4) is 0 Å². The van der Waals surface area contributed by atoms with Crippen LogP contribution in [0, 0.1) is 6.92 Å². The van der Waals surface area contributed by atoms with Crippen molar-refractivity contribution < 1.29 is 9.53 Å². The summed E-state index contributed by atoms with van der Waals surface area (Å²) in [4.78, 5) is 12.5. The molecular weight excluding hydrogens is 345 g/mol. The summed E-state index contributed by atoms with van der Waals surface area (Å²) in [5, 5.41) is 1.75. The van der Waals surface area contributed by atoms with Crippen molar-refractivity contribution in [2.75, 3.05) is 0 Å². The van der Waals surface area contributed by atoms with Crippen LogP contribution in [-0.2, 0) is 0 Å². The molecule has 0 heterocycles. The zero-order valence-corrected chi connectivity index (χ0v) is 15.1. The van der Waals surface area contributed by atoms with Gasteiger partial charge in [0.2, 0.25) is 0 Å². The number of carbonyl (C=O) groups is 1. The van der Waals surface area contributed by atoms with Gasteiger partial charge in [0.15, 0.2) is 5.52 Å². The van der Waals surface area contributed by atoms with E-state index in [9.17, 15) is 4.79 Å². The number of hydrogen-bond acceptors (Lipinski definition) is 2. The Balaban J connectivity index is 0.00000264. The second-order valence-corrected chi connectivity index (χ2v) is 7.25. The van der Waals surface area contributed by atoms with Gasteiger partial charge in [0.1, 0.15) is 5.75 Å². The average Bonchev–Trinajstić information content (AvgIpc) is 2.41. The van der Waals surface area contributed by atoms with Crippen molar-refractivity contribution >= 4 is 61.5 Å². The first-order valence-electron chi connectivity index (χ1n) is 6.91. The van der Waals surface area contributed by atoms with Gasteiger partial charge in [0, 0.05) is 0 Å². The van der Waals surface area contributed by atoms with E-state index in [4.69, 9.17) is 27.9 Å². The first kappa shape index (κ1) is 20.6. The van der Waals surface area contributed by atoms with E-state index < -0.39 is 0 Å². The summed E-state index contributed by atoms with van der Waals surface area (Å²) in [6.07, 6.45) is 0.122. The minimum atomic E-state index is -0.0590. The van der Waals surface area contributed by atoms with Crippen molar-refractivity contribution in [3.05, 3.63) is 57.6 Å². The van der Waals surface area contributed by atoms with Crippen molar-refractivity contribution in [3.8, 4) is 5.75 Å². The molecule has 23 heavy (non-hydrogen) atoms. The Kier molecular flexibility index (Phi) is 8.15. The molecule has 0 fully saturated rings. The number of carbonyl (C=O) groups excluding carboxylic acids is 1. The fourth-order valence-corrected chi connectivity index (χ4v) is 3.82. The van der Waals surface area contributed by atoms with Gasteiger partial charge in [-0.25, -0.2) is 0 Å². The topological polar surface area (TPSA) is 26.3 Å². The summed E-state index contributed by atoms with van der Waals surface area (Å²) < 4.78 is 5.65. The van der Waals surface area contributed by atoms with E-state index in [-0.39, 0.29) is 39.1 Å². The van der Waals surface area contributed by atoms with Crippen LogP contribution in [0.25, 0.3) is 0 Å². The van der Waals surface area contributed by atoms with Crippen LogP contribution in [-0.4, -0.2) is 30.5 Å². The molecule has 0 aromatic heterocycles. The predicted octanol–water partition coefficient (Wildman–Crippen LogP) is 4.58. The minimum absolute atomic E-state index is 0. The molecule has 2 aromatic rings. The van der Waals surface area contributed by atoms with Crippen LogP contribution < -0.4 is 10.0 Å². The molecule has 0 saturated carbocycles. The number of hydrogen-bond donors (Lipinski definition) is 0.